The molecule has 5 heteroatoms. The average Bonchev–Trinajstić information content (AvgIpc) is 2.15. The average molecular weight is 263 g/mol. The summed E-state index contributed by atoms with van der Waals surface area (Å²) in [7, 11) is -3.06. The van der Waals surface area contributed by atoms with Crippen molar-refractivity contribution in [3.05, 3.63) is 34.9 Å². The lowest BCUT2D eigenvalue weighted by Crippen LogP contribution is -2.24. The van der Waals surface area contributed by atoms with Crippen LogP contribution in [0.4, 0.5) is 0 Å². The number of rotatable bonds is 4. The van der Waals surface area contributed by atoms with Crippen molar-refractivity contribution in [1.82, 2.24) is 0 Å². The Morgan fingerprint density at radius 1 is 1.31 bits per heavy atom. The van der Waals surface area contributed by atoms with Gasteiger partial charge in [-0.05, 0) is 31.0 Å². The predicted octanol–water partition coefficient (Wildman–Crippen LogP) is 1.98. The molecule has 0 radical (unpaired) electrons. The Labute approximate surface area is 101 Å². The Morgan fingerprint density at radius 3 is 2.25 bits per heavy atom. The van der Waals surface area contributed by atoms with Crippen molar-refractivity contribution >= 4 is 21.4 Å². The van der Waals surface area contributed by atoms with Crippen molar-refractivity contribution in [2.45, 2.75) is 18.9 Å². The van der Waals surface area contributed by atoms with E-state index >= 15 is 0 Å². The van der Waals surface area contributed by atoms with E-state index in [1.165, 1.54) is 0 Å². The summed E-state index contributed by atoms with van der Waals surface area (Å²) in [6, 6.07) is 6.74. The van der Waals surface area contributed by atoms with E-state index in [-0.39, 0.29) is 12.2 Å². The third-order valence-electron chi connectivity index (χ3n) is 2.43. The summed E-state index contributed by atoms with van der Waals surface area (Å²) in [4.78, 5) is 0. The molecule has 0 saturated heterocycles. The third kappa shape index (κ3) is 4.12. The quantitative estimate of drug-likeness (QED) is 0.903. The Morgan fingerprint density at radius 2 is 1.81 bits per heavy atom. The van der Waals surface area contributed by atoms with E-state index in [4.69, 9.17) is 11.6 Å². The Balaban J connectivity index is 2.81. The monoisotopic (exact) mass is 262 g/mol. The van der Waals surface area contributed by atoms with Gasteiger partial charge in [-0.25, -0.2) is 8.42 Å². The van der Waals surface area contributed by atoms with E-state index in [1.807, 2.05) is 0 Å². The first-order valence-corrected chi connectivity index (χ1v) is 7.31. The molecule has 3 nitrogen and oxygen atoms in total. The molecule has 0 aliphatic carbocycles. The lowest BCUT2D eigenvalue weighted by Gasteiger charge is -2.23. The topological polar surface area (TPSA) is 54.4 Å². The maximum Gasteiger partial charge on any atom is 0.147 e. The van der Waals surface area contributed by atoms with Crippen molar-refractivity contribution in [2.24, 2.45) is 0 Å². The molecule has 1 aromatic carbocycles. The molecule has 1 unspecified atom stereocenters. The second-order valence-corrected chi connectivity index (χ2v) is 6.86. The number of sulfone groups is 1. The van der Waals surface area contributed by atoms with Crippen LogP contribution in [-0.4, -0.2) is 25.5 Å². The van der Waals surface area contributed by atoms with Gasteiger partial charge in [-0.3, -0.25) is 0 Å². The van der Waals surface area contributed by atoms with Gasteiger partial charge in [0.2, 0.25) is 0 Å². The van der Waals surface area contributed by atoms with Crippen LogP contribution in [0.3, 0.4) is 0 Å². The first-order valence-electron chi connectivity index (χ1n) is 4.87. The molecule has 1 rings (SSSR count). The zero-order chi connectivity index (χ0) is 12.4. The molecule has 0 fully saturated rings. The number of hydrogen-bond acceptors (Lipinski definition) is 3. The van der Waals surface area contributed by atoms with Crippen molar-refractivity contribution in [2.75, 3.05) is 12.0 Å². The second kappa shape index (κ2) is 4.73. The number of benzene rings is 1. The van der Waals surface area contributed by atoms with Gasteiger partial charge in [0.05, 0.1) is 11.4 Å². The van der Waals surface area contributed by atoms with Gasteiger partial charge < -0.3 is 5.11 Å². The van der Waals surface area contributed by atoms with Gasteiger partial charge in [-0.2, -0.15) is 0 Å². The molecule has 16 heavy (non-hydrogen) atoms. The molecule has 0 aromatic heterocycles. The Bertz CT molecular complexity index is 449. The highest BCUT2D eigenvalue weighted by Crippen LogP contribution is 2.26. The smallest absolute Gasteiger partial charge is 0.147 e. The summed E-state index contributed by atoms with van der Waals surface area (Å²) in [5.74, 6) is -0.0391. The van der Waals surface area contributed by atoms with Crippen LogP contribution in [0.25, 0.3) is 0 Å². The summed E-state index contributed by atoms with van der Waals surface area (Å²) in [5.41, 5.74) is -0.478. The standard InChI is InChI=1S/C11H15ClO3S/c1-11(13,7-8-16(2,14)15)9-3-5-10(12)6-4-9/h3-6,13H,7-8H2,1-2H3. The second-order valence-electron chi connectivity index (χ2n) is 4.16. The van der Waals surface area contributed by atoms with Crippen molar-refractivity contribution in [3.8, 4) is 0 Å². The lowest BCUT2D eigenvalue weighted by molar-refractivity contribution is 0.0539. The number of halogens is 1. The van der Waals surface area contributed by atoms with E-state index in [1.54, 1.807) is 31.2 Å². The molecule has 0 saturated carbocycles. The highest BCUT2D eigenvalue weighted by molar-refractivity contribution is 7.90. The van der Waals surface area contributed by atoms with Gasteiger partial charge in [0.25, 0.3) is 0 Å². The zero-order valence-electron chi connectivity index (χ0n) is 9.27. The molecule has 0 amide bonds. The fourth-order valence-corrected chi connectivity index (χ4v) is 2.23. The maximum atomic E-state index is 11.0. The Kier molecular flexibility index (Phi) is 3.99. The van der Waals surface area contributed by atoms with Crippen LogP contribution < -0.4 is 0 Å². The molecule has 0 aliphatic rings. The summed E-state index contributed by atoms with van der Waals surface area (Å²) in [6.07, 6.45) is 1.33. The van der Waals surface area contributed by atoms with Crippen LogP contribution in [0.5, 0.6) is 0 Å². The molecular formula is C11H15ClO3S. The van der Waals surface area contributed by atoms with Crippen molar-refractivity contribution < 1.29 is 13.5 Å². The van der Waals surface area contributed by atoms with Crippen LogP contribution in [0, 0.1) is 0 Å². The van der Waals surface area contributed by atoms with Crippen LogP contribution >= 0.6 is 11.6 Å². The summed E-state index contributed by atoms with van der Waals surface area (Å²) >= 11 is 5.73. The van der Waals surface area contributed by atoms with Crippen LogP contribution in [0.2, 0.25) is 5.02 Å². The van der Waals surface area contributed by atoms with E-state index < -0.39 is 15.4 Å². The molecular weight excluding hydrogens is 248 g/mol. The minimum atomic E-state index is -3.06. The predicted molar refractivity (Wildman–Crippen MR) is 65.4 cm³/mol. The fraction of sp³-hybridized carbons (Fsp3) is 0.455. The molecule has 90 valence electrons. The van der Waals surface area contributed by atoms with Crippen LogP contribution in [0.1, 0.15) is 18.9 Å². The molecule has 0 spiro atoms. The SMILES string of the molecule is CC(O)(CCS(C)(=O)=O)c1ccc(Cl)cc1. The molecule has 1 atom stereocenters. The van der Waals surface area contributed by atoms with E-state index in [0.717, 1.165) is 6.26 Å². The first kappa shape index (κ1) is 13.5. The minimum absolute atomic E-state index is 0.0391. The molecule has 1 aromatic rings. The van der Waals surface area contributed by atoms with Crippen molar-refractivity contribution in [1.29, 1.82) is 0 Å². The minimum Gasteiger partial charge on any atom is -0.385 e. The lowest BCUT2D eigenvalue weighted by atomic mass is 9.93. The first-order chi connectivity index (χ1) is 7.21. The van der Waals surface area contributed by atoms with E-state index in [0.29, 0.717) is 10.6 Å². The fourth-order valence-electron chi connectivity index (χ4n) is 1.34. The van der Waals surface area contributed by atoms with Gasteiger partial charge in [0.15, 0.2) is 0 Å². The largest absolute Gasteiger partial charge is 0.385 e. The highest BCUT2D eigenvalue weighted by Gasteiger charge is 2.24. The summed E-state index contributed by atoms with van der Waals surface area (Å²) in [5, 5.41) is 10.7. The van der Waals surface area contributed by atoms with Gasteiger partial charge in [0.1, 0.15) is 9.84 Å². The molecule has 1 N–H and O–H groups in total. The van der Waals surface area contributed by atoms with Crippen molar-refractivity contribution in [3.63, 3.8) is 0 Å². The maximum absolute atomic E-state index is 11.0. The molecule has 0 aliphatic heterocycles. The van der Waals surface area contributed by atoms with Crippen LogP contribution in [0.15, 0.2) is 24.3 Å². The van der Waals surface area contributed by atoms with E-state index in [9.17, 15) is 13.5 Å². The van der Waals surface area contributed by atoms with Gasteiger partial charge in [-0.15, -0.1) is 0 Å². The highest BCUT2D eigenvalue weighted by atomic mass is 35.5. The molecule has 0 heterocycles. The third-order valence-corrected chi connectivity index (χ3v) is 3.62. The summed E-state index contributed by atoms with van der Waals surface area (Å²) < 4.78 is 22.1. The summed E-state index contributed by atoms with van der Waals surface area (Å²) in [6.45, 7) is 1.60. The number of aliphatic hydroxyl groups is 1. The van der Waals surface area contributed by atoms with E-state index in [2.05, 4.69) is 0 Å². The zero-order valence-corrected chi connectivity index (χ0v) is 10.8. The van der Waals surface area contributed by atoms with Gasteiger partial charge >= 0.3 is 0 Å². The van der Waals surface area contributed by atoms with Gasteiger partial charge in [-0.1, -0.05) is 23.7 Å². The molecule has 0 bridgehead atoms. The number of hydrogen-bond donors (Lipinski definition) is 1. The Hall–Kier alpha value is -0.580. The van der Waals surface area contributed by atoms with Gasteiger partial charge in [0, 0.05) is 11.3 Å². The van der Waals surface area contributed by atoms with Crippen LogP contribution in [-0.2, 0) is 15.4 Å². The normalized spacial score (nSPS) is 15.8.